The topological polar surface area (TPSA) is 92.4 Å². The van der Waals surface area contributed by atoms with Crippen molar-refractivity contribution in [2.24, 2.45) is 5.92 Å². The maximum absolute atomic E-state index is 12.8. The third-order valence-electron chi connectivity index (χ3n) is 2.99. The molecule has 0 aliphatic heterocycles. The van der Waals surface area contributed by atoms with Crippen molar-refractivity contribution in [1.82, 2.24) is 9.55 Å². The Labute approximate surface area is 124 Å². The van der Waals surface area contributed by atoms with Crippen molar-refractivity contribution in [2.45, 2.75) is 38.9 Å². The van der Waals surface area contributed by atoms with Crippen LogP contribution in [0.4, 0.5) is 13.2 Å². The van der Waals surface area contributed by atoms with Gasteiger partial charge in [-0.3, -0.25) is 4.57 Å². The lowest BCUT2D eigenvalue weighted by Gasteiger charge is -2.19. The summed E-state index contributed by atoms with van der Waals surface area (Å²) in [5.74, 6) is -1.41. The molecule has 0 amide bonds. The zero-order valence-electron chi connectivity index (χ0n) is 12.1. The Hall–Kier alpha value is -1.90. The average Bonchev–Trinajstić information content (AvgIpc) is 2.36. The Morgan fingerprint density at radius 3 is 2.41 bits per heavy atom. The monoisotopic (exact) mass is 322 g/mol. The number of carbonyl (C=O) groups is 1. The number of carboxylic acid groups (broad SMARTS) is 1. The fraction of sp³-hybridized carbons (Fsp3) is 0.615. The Bertz CT molecular complexity index is 596. The molecule has 1 atom stereocenters. The van der Waals surface area contributed by atoms with E-state index in [-0.39, 0.29) is 18.8 Å². The van der Waals surface area contributed by atoms with Crippen LogP contribution < -0.4 is 5.69 Å². The minimum Gasteiger partial charge on any atom is -0.480 e. The number of hydrogen-bond donors (Lipinski definition) is 2. The van der Waals surface area contributed by atoms with Crippen molar-refractivity contribution in [3.05, 3.63) is 27.9 Å². The molecule has 124 valence electrons. The van der Waals surface area contributed by atoms with E-state index in [1.807, 2.05) is 0 Å². The van der Waals surface area contributed by atoms with Crippen molar-refractivity contribution < 1.29 is 28.2 Å². The lowest BCUT2D eigenvalue weighted by Crippen LogP contribution is -2.35. The van der Waals surface area contributed by atoms with Crippen LogP contribution in [0.1, 0.15) is 37.6 Å². The fourth-order valence-electron chi connectivity index (χ4n) is 2.06. The van der Waals surface area contributed by atoms with Crippen molar-refractivity contribution in [1.29, 1.82) is 0 Å². The zero-order valence-corrected chi connectivity index (χ0v) is 12.1. The summed E-state index contributed by atoms with van der Waals surface area (Å²) in [7, 11) is 0. The molecule has 1 rings (SSSR count). The highest BCUT2D eigenvalue weighted by atomic mass is 19.4. The van der Waals surface area contributed by atoms with Crippen LogP contribution in [-0.2, 0) is 17.4 Å². The molecule has 1 aromatic rings. The molecule has 0 spiro atoms. The highest BCUT2D eigenvalue weighted by Crippen LogP contribution is 2.30. The van der Waals surface area contributed by atoms with Gasteiger partial charge in [-0.05, 0) is 18.8 Å². The highest BCUT2D eigenvalue weighted by Gasteiger charge is 2.37. The second kappa shape index (κ2) is 6.91. The maximum atomic E-state index is 12.8. The SMILES string of the molecule is CC(C)CC(C(=O)O)n1cc(CCO)c(C(F)(F)F)nc1=O. The van der Waals surface area contributed by atoms with Gasteiger partial charge in [0.15, 0.2) is 5.69 Å². The van der Waals surface area contributed by atoms with Gasteiger partial charge in [0.1, 0.15) is 6.04 Å². The number of aliphatic hydroxyl groups excluding tert-OH is 1. The van der Waals surface area contributed by atoms with Gasteiger partial charge >= 0.3 is 17.8 Å². The van der Waals surface area contributed by atoms with Crippen LogP contribution >= 0.6 is 0 Å². The quantitative estimate of drug-likeness (QED) is 0.827. The van der Waals surface area contributed by atoms with E-state index in [9.17, 15) is 27.9 Å². The molecule has 0 aliphatic carbocycles. The van der Waals surface area contributed by atoms with E-state index in [0.717, 1.165) is 6.20 Å². The summed E-state index contributed by atoms with van der Waals surface area (Å²) >= 11 is 0. The van der Waals surface area contributed by atoms with E-state index >= 15 is 0 Å². The predicted octanol–water partition coefficient (Wildman–Crippen LogP) is 1.47. The second-order valence-electron chi connectivity index (χ2n) is 5.26. The van der Waals surface area contributed by atoms with Gasteiger partial charge in [-0.15, -0.1) is 0 Å². The molecule has 0 bridgehead atoms. The van der Waals surface area contributed by atoms with Crippen LogP contribution in [0.2, 0.25) is 0 Å². The van der Waals surface area contributed by atoms with E-state index < -0.39 is 41.7 Å². The Kier molecular flexibility index (Phi) is 5.70. The lowest BCUT2D eigenvalue weighted by atomic mass is 10.0. The number of aromatic nitrogens is 2. The molecule has 22 heavy (non-hydrogen) atoms. The number of nitrogens with zero attached hydrogens (tertiary/aromatic N) is 2. The normalized spacial score (nSPS) is 13.4. The van der Waals surface area contributed by atoms with Crippen LogP contribution in [0.3, 0.4) is 0 Å². The number of hydrogen-bond acceptors (Lipinski definition) is 4. The van der Waals surface area contributed by atoms with Gasteiger partial charge in [0.2, 0.25) is 0 Å². The summed E-state index contributed by atoms with van der Waals surface area (Å²) in [5.41, 5.74) is -3.08. The number of halogens is 3. The van der Waals surface area contributed by atoms with Crippen molar-refractivity contribution in [3.8, 4) is 0 Å². The third kappa shape index (κ3) is 4.30. The van der Waals surface area contributed by atoms with E-state index in [1.165, 1.54) is 0 Å². The van der Waals surface area contributed by atoms with Crippen LogP contribution in [0.5, 0.6) is 0 Å². The molecule has 0 aromatic carbocycles. The summed E-state index contributed by atoms with van der Waals surface area (Å²) in [5, 5.41) is 18.1. The first-order valence-electron chi connectivity index (χ1n) is 6.60. The molecule has 9 heteroatoms. The predicted molar refractivity (Wildman–Crippen MR) is 70.4 cm³/mol. The van der Waals surface area contributed by atoms with Crippen molar-refractivity contribution in [3.63, 3.8) is 0 Å². The summed E-state index contributed by atoms with van der Waals surface area (Å²) in [6.45, 7) is 2.88. The molecular weight excluding hydrogens is 305 g/mol. The molecule has 0 saturated carbocycles. The van der Waals surface area contributed by atoms with Gasteiger partial charge in [0.05, 0.1) is 0 Å². The first-order valence-corrected chi connectivity index (χ1v) is 6.60. The zero-order chi connectivity index (χ0) is 17.1. The first kappa shape index (κ1) is 18.1. The van der Waals surface area contributed by atoms with E-state index in [0.29, 0.717) is 4.57 Å². The lowest BCUT2D eigenvalue weighted by molar-refractivity contribution is -0.142. The smallest absolute Gasteiger partial charge is 0.433 e. The third-order valence-corrected chi connectivity index (χ3v) is 2.99. The molecule has 1 heterocycles. The Morgan fingerprint density at radius 2 is 2.00 bits per heavy atom. The number of aliphatic carboxylic acids is 1. The van der Waals surface area contributed by atoms with Crippen LogP contribution in [0.15, 0.2) is 11.0 Å². The summed E-state index contributed by atoms with van der Waals surface area (Å²) in [6.07, 6.45) is -4.33. The largest absolute Gasteiger partial charge is 0.480 e. The van der Waals surface area contributed by atoms with Crippen molar-refractivity contribution >= 4 is 5.97 Å². The number of carboxylic acids is 1. The van der Waals surface area contributed by atoms with Crippen molar-refractivity contribution in [2.75, 3.05) is 6.61 Å². The average molecular weight is 322 g/mol. The van der Waals surface area contributed by atoms with E-state index in [4.69, 9.17) is 5.11 Å². The molecule has 0 saturated heterocycles. The van der Waals surface area contributed by atoms with Gasteiger partial charge in [0, 0.05) is 18.4 Å². The molecule has 0 radical (unpaired) electrons. The second-order valence-corrected chi connectivity index (χ2v) is 5.26. The van der Waals surface area contributed by atoms with Gasteiger partial charge in [-0.25, -0.2) is 9.59 Å². The molecule has 1 unspecified atom stereocenters. The number of alkyl halides is 3. The molecule has 6 nitrogen and oxygen atoms in total. The van der Waals surface area contributed by atoms with Crippen LogP contribution in [-0.4, -0.2) is 32.3 Å². The van der Waals surface area contributed by atoms with Gasteiger partial charge in [-0.1, -0.05) is 13.8 Å². The van der Waals surface area contributed by atoms with E-state index in [1.54, 1.807) is 13.8 Å². The summed E-state index contributed by atoms with van der Waals surface area (Å²) in [4.78, 5) is 26.1. The molecule has 0 aliphatic rings. The molecule has 2 N–H and O–H groups in total. The van der Waals surface area contributed by atoms with Gasteiger partial charge in [0.25, 0.3) is 0 Å². The van der Waals surface area contributed by atoms with Gasteiger partial charge in [-0.2, -0.15) is 18.2 Å². The molecular formula is C13H17F3N2O4. The number of rotatable bonds is 6. The first-order chi connectivity index (χ1) is 10.1. The van der Waals surface area contributed by atoms with Crippen LogP contribution in [0.25, 0.3) is 0 Å². The Morgan fingerprint density at radius 1 is 1.41 bits per heavy atom. The minimum absolute atomic E-state index is 0.0703. The van der Waals surface area contributed by atoms with Crippen LogP contribution in [0, 0.1) is 5.92 Å². The fourth-order valence-corrected chi connectivity index (χ4v) is 2.06. The summed E-state index contributed by atoms with van der Waals surface area (Å²) in [6, 6.07) is -1.31. The van der Waals surface area contributed by atoms with E-state index in [2.05, 4.69) is 4.98 Å². The van der Waals surface area contributed by atoms with Gasteiger partial charge < -0.3 is 10.2 Å². The molecule has 0 fully saturated rings. The summed E-state index contributed by atoms with van der Waals surface area (Å²) < 4.78 is 39.2. The molecule has 1 aromatic heterocycles. The number of aliphatic hydroxyl groups is 1. The standard InChI is InChI=1S/C13H17F3N2O4/c1-7(2)5-9(11(20)21)18-6-8(3-4-19)10(13(14,15)16)17-12(18)22/h6-7,9,19H,3-5H2,1-2H3,(H,20,21). The minimum atomic E-state index is -4.85. The highest BCUT2D eigenvalue weighted by molar-refractivity contribution is 5.71. The maximum Gasteiger partial charge on any atom is 0.433 e. The Balaban J connectivity index is 3.46.